The number of aromatic amines is 1. The fourth-order valence-corrected chi connectivity index (χ4v) is 4.13. The first kappa shape index (κ1) is 20.0. The number of carbonyl (C=O) groups excluding carboxylic acids is 1. The van der Waals surface area contributed by atoms with Gasteiger partial charge in [0.05, 0.1) is 11.0 Å². The Balaban J connectivity index is 1.17. The van der Waals surface area contributed by atoms with Gasteiger partial charge in [-0.15, -0.1) is 0 Å². The summed E-state index contributed by atoms with van der Waals surface area (Å²) in [5, 5.41) is 8.04. The van der Waals surface area contributed by atoms with Gasteiger partial charge in [-0.1, -0.05) is 36.0 Å². The van der Waals surface area contributed by atoms with Crippen molar-refractivity contribution in [3.05, 3.63) is 102 Å². The zero-order valence-corrected chi connectivity index (χ0v) is 17.9. The van der Waals surface area contributed by atoms with Crippen molar-refractivity contribution in [1.29, 1.82) is 0 Å². The smallest absolute Gasteiger partial charge is 0.251 e. The van der Waals surface area contributed by atoms with E-state index in [1.165, 1.54) is 0 Å². The van der Waals surface area contributed by atoms with E-state index in [-0.39, 0.29) is 5.91 Å². The first-order valence-electron chi connectivity index (χ1n) is 10.1. The van der Waals surface area contributed by atoms with Crippen LogP contribution in [0.3, 0.4) is 0 Å². The molecule has 1 amide bonds. The maximum absolute atomic E-state index is 12.6. The van der Waals surface area contributed by atoms with Crippen LogP contribution >= 0.6 is 11.8 Å². The van der Waals surface area contributed by atoms with Gasteiger partial charge in [-0.2, -0.15) is 5.10 Å². The molecule has 0 fully saturated rings. The number of rotatable bonds is 7. The van der Waals surface area contributed by atoms with E-state index in [9.17, 15) is 4.79 Å². The van der Waals surface area contributed by atoms with Crippen LogP contribution in [0.4, 0.5) is 0 Å². The number of thioether (sulfide) groups is 1. The van der Waals surface area contributed by atoms with Crippen LogP contribution in [0.15, 0.2) is 90.5 Å². The van der Waals surface area contributed by atoms with Gasteiger partial charge < -0.3 is 10.3 Å². The molecule has 0 saturated heterocycles. The molecule has 0 aliphatic rings. The standard InChI is InChI=1S/C24H20N6OS/c31-23(26-15-18-10-12-25-22(14-18)30-13-3-11-27-30)19-8-6-17(7-9-19)16-32-24-28-20-4-1-2-5-21(20)29-24/h1-14H,15-16H2,(H,26,31)(H,28,29). The fourth-order valence-electron chi connectivity index (χ4n) is 3.29. The number of pyridine rings is 1. The SMILES string of the molecule is O=C(NCc1ccnc(-n2cccn2)c1)c1ccc(CSc2nc3ccccc3[nH]2)cc1. The van der Waals surface area contributed by atoms with Crippen molar-refractivity contribution < 1.29 is 4.79 Å². The fraction of sp³-hybridized carbons (Fsp3) is 0.0833. The van der Waals surface area contributed by atoms with Crippen LogP contribution in [-0.2, 0) is 12.3 Å². The molecule has 3 heterocycles. The van der Waals surface area contributed by atoms with Crippen molar-refractivity contribution in [3.8, 4) is 5.82 Å². The van der Waals surface area contributed by atoms with Crippen LogP contribution in [0.1, 0.15) is 21.5 Å². The second-order valence-electron chi connectivity index (χ2n) is 7.20. The molecule has 5 rings (SSSR count). The highest BCUT2D eigenvalue weighted by atomic mass is 32.2. The summed E-state index contributed by atoms with van der Waals surface area (Å²) < 4.78 is 1.69. The Morgan fingerprint density at radius 3 is 2.69 bits per heavy atom. The molecule has 0 atom stereocenters. The van der Waals surface area contributed by atoms with E-state index in [2.05, 4.69) is 25.4 Å². The highest BCUT2D eigenvalue weighted by molar-refractivity contribution is 7.98. The topological polar surface area (TPSA) is 88.5 Å². The number of imidazole rings is 1. The summed E-state index contributed by atoms with van der Waals surface area (Å²) in [6, 6.07) is 21.3. The van der Waals surface area contributed by atoms with E-state index in [4.69, 9.17) is 0 Å². The number of H-pyrrole nitrogens is 1. The monoisotopic (exact) mass is 440 g/mol. The third-order valence-corrected chi connectivity index (χ3v) is 5.91. The zero-order valence-electron chi connectivity index (χ0n) is 17.1. The lowest BCUT2D eigenvalue weighted by atomic mass is 10.1. The third-order valence-electron chi connectivity index (χ3n) is 4.96. The number of fused-ring (bicyclic) bond motifs is 1. The summed E-state index contributed by atoms with van der Waals surface area (Å²) in [6.07, 6.45) is 5.25. The number of benzene rings is 2. The highest BCUT2D eigenvalue weighted by Crippen LogP contribution is 2.23. The molecule has 158 valence electrons. The second-order valence-corrected chi connectivity index (χ2v) is 8.16. The van der Waals surface area contributed by atoms with E-state index in [1.807, 2.05) is 72.9 Å². The molecule has 7 nitrogen and oxygen atoms in total. The Labute approximate surface area is 188 Å². The largest absolute Gasteiger partial charge is 0.348 e. The zero-order chi connectivity index (χ0) is 21.8. The van der Waals surface area contributed by atoms with Gasteiger partial charge in [-0.25, -0.2) is 14.6 Å². The summed E-state index contributed by atoms with van der Waals surface area (Å²) >= 11 is 1.64. The van der Waals surface area contributed by atoms with E-state index in [0.717, 1.165) is 33.1 Å². The van der Waals surface area contributed by atoms with E-state index in [1.54, 1.807) is 28.8 Å². The maximum Gasteiger partial charge on any atom is 0.251 e. The second kappa shape index (κ2) is 9.07. The number of hydrogen-bond acceptors (Lipinski definition) is 5. The summed E-state index contributed by atoms with van der Waals surface area (Å²) in [5.74, 6) is 1.38. The van der Waals surface area contributed by atoms with Crippen LogP contribution in [0.5, 0.6) is 0 Å². The molecule has 8 heteroatoms. The molecule has 0 aliphatic carbocycles. The van der Waals surface area contributed by atoms with Gasteiger partial charge in [0.1, 0.15) is 0 Å². The maximum atomic E-state index is 12.6. The molecule has 0 bridgehead atoms. The molecule has 2 N–H and O–H groups in total. The average Bonchev–Trinajstić information content (AvgIpc) is 3.52. The van der Waals surface area contributed by atoms with Gasteiger partial charge in [0, 0.05) is 36.5 Å². The number of nitrogens with zero attached hydrogens (tertiary/aromatic N) is 4. The van der Waals surface area contributed by atoms with Crippen molar-refractivity contribution in [1.82, 2.24) is 30.0 Å². The highest BCUT2D eigenvalue weighted by Gasteiger charge is 2.08. The first-order chi connectivity index (χ1) is 15.7. The van der Waals surface area contributed by atoms with Crippen molar-refractivity contribution in [2.75, 3.05) is 0 Å². The summed E-state index contributed by atoms with van der Waals surface area (Å²) in [7, 11) is 0. The molecule has 2 aromatic carbocycles. The normalized spacial score (nSPS) is 11.0. The van der Waals surface area contributed by atoms with Gasteiger partial charge in [0.15, 0.2) is 11.0 Å². The molecule has 3 aromatic heterocycles. The number of hydrogen-bond donors (Lipinski definition) is 2. The van der Waals surface area contributed by atoms with Gasteiger partial charge in [0.25, 0.3) is 5.91 Å². The number of aromatic nitrogens is 5. The van der Waals surface area contributed by atoms with Crippen molar-refractivity contribution in [2.24, 2.45) is 0 Å². The van der Waals surface area contributed by atoms with Crippen LogP contribution in [0.25, 0.3) is 16.9 Å². The van der Waals surface area contributed by atoms with Crippen molar-refractivity contribution in [2.45, 2.75) is 17.5 Å². The first-order valence-corrected chi connectivity index (χ1v) is 11.1. The molecule has 0 saturated carbocycles. The lowest BCUT2D eigenvalue weighted by Gasteiger charge is -2.08. The lowest BCUT2D eigenvalue weighted by Crippen LogP contribution is -2.22. The summed E-state index contributed by atoms with van der Waals surface area (Å²) in [4.78, 5) is 24.8. The molecule has 5 aromatic rings. The van der Waals surface area contributed by atoms with Gasteiger partial charge >= 0.3 is 0 Å². The molecule has 0 radical (unpaired) electrons. The Morgan fingerprint density at radius 1 is 1.00 bits per heavy atom. The van der Waals surface area contributed by atoms with Gasteiger partial charge in [-0.05, 0) is 53.6 Å². The van der Waals surface area contributed by atoms with Gasteiger partial charge in [0.2, 0.25) is 0 Å². The number of amides is 1. The van der Waals surface area contributed by atoms with E-state index >= 15 is 0 Å². The summed E-state index contributed by atoms with van der Waals surface area (Å²) in [6.45, 7) is 0.416. The molecular weight excluding hydrogens is 420 g/mol. The van der Waals surface area contributed by atoms with Crippen molar-refractivity contribution >= 4 is 28.7 Å². The summed E-state index contributed by atoms with van der Waals surface area (Å²) in [5.41, 5.74) is 4.72. The Morgan fingerprint density at radius 2 is 1.88 bits per heavy atom. The van der Waals surface area contributed by atoms with Gasteiger partial charge in [-0.3, -0.25) is 4.79 Å². The minimum Gasteiger partial charge on any atom is -0.348 e. The molecule has 32 heavy (non-hydrogen) atoms. The van der Waals surface area contributed by atoms with Crippen molar-refractivity contribution in [3.63, 3.8) is 0 Å². The number of para-hydroxylation sites is 2. The average molecular weight is 441 g/mol. The Bertz CT molecular complexity index is 1310. The van der Waals surface area contributed by atoms with E-state index < -0.39 is 0 Å². The molecule has 0 spiro atoms. The van der Waals surface area contributed by atoms with Crippen LogP contribution in [0, 0.1) is 0 Å². The van der Waals surface area contributed by atoms with Crippen LogP contribution in [0.2, 0.25) is 0 Å². The van der Waals surface area contributed by atoms with Crippen LogP contribution < -0.4 is 5.32 Å². The van der Waals surface area contributed by atoms with E-state index in [0.29, 0.717) is 17.9 Å². The minimum absolute atomic E-state index is 0.112. The third kappa shape index (κ3) is 4.55. The quantitative estimate of drug-likeness (QED) is 0.367. The predicted octanol–water partition coefficient (Wildman–Crippen LogP) is 4.37. The Hall–Kier alpha value is -3.91. The minimum atomic E-state index is -0.112. The molecular formula is C24H20N6OS. The Kier molecular flexibility index (Phi) is 5.67. The molecule has 0 aliphatic heterocycles. The van der Waals surface area contributed by atoms with Crippen LogP contribution in [-0.4, -0.2) is 30.6 Å². The predicted molar refractivity (Wildman–Crippen MR) is 125 cm³/mol. The lowest BCUT2D eigenvalue weighted by molar-refractivity contribution is 0.0951. The number of carbonyl (C=O) groups is 1. The molecule has 0 unspecified atom stereocenters. The number of nitrogens with one attached hydrogen (secondary N) is 2.